The molecule has 2 atom stereocenters. The van der Waals surface area contributed by atoms with Crippen LogP contribution in [0.3, 0.4) is 0 Å². The van der Waals surface area contributed by atoms with Crippen LogP contribution in [0, 0.1) is 0 Å². The second-order valence-electron chi connectivity index (χ2n) is 4.10. The van der Waals surface area contributed by atoms with Gasteiger partial charge in [-0.3, -0.25) is 4.57 Å². The van der Waals surface area contributed by atoms with Crippen LogP contribution >= 0.6 is 17.9 Å². The van der Waals surface area contributed by atoms with E-state index in [1.807, 2.05) is 0 Å². The van der Waals surface area contributed by atoms with Crippen LogP contribution in [0.25, 0.3) is 0 Å². The Hall–Kier alpha value is -1.03. The van der Waals surface area contributed by atoms with Gasteiger partial charge in [0.05, 0.1) is 6.61 Å². The number of hydrogen-bond acceptors (Lipinski definition) is 4. The molecule has 0 amide bonds. The van der Waals surface area contributed by atoms with Gasteiger partial charge in [0.25, 0.3) is 0 Å². The van der Waals surface area contributed by atoms with Crippen molar-refractivity contribution < 1.29 is 19.2 Å². The van der Waals surface area contributed by atoms with Crippen LogP contribution in [0.2, 0.25) is 0 Å². The zero-order valence-electron chi connectivity index (χ0n) is 11.0. The maximum Gasteiger partial charge on any atom is 0.328 e. The Balaban J connectivity index is 3.15. The summed E-state index contributed by atoms with van der Waals surface area (Å²) >= 11 is 5.83. The highest BCUT2D eigenvalue weighted by molar-refractivity contribution is 7.86. The Kier molecular flexibility index (Phi) is 5.41. The van der Waals surface area contributed by atoms with E-state index >= 15 is 0 Å². The molecule has 0 saturated heterocycles. The molecule has 1 N–H and O–H groups in total. The number of rotatable bonds is 5. The number of halogens is 1. The van der Waals surface area contributed by atoms with E-state index in [1.165, 1.54) is 30.5 Å². The number of carbonyl (C=O) groups is 1. The number of benzene rings is 1. The Morgan fingerprint density at radius 1 is 1.47 bits per heavy atom. The second-order valence-corrected chi connectivity index (χ2v) is 8.17. The topological polar surface area (TPSA) is 66.8 Å². The number of aromatic hydroxyl groups is 1. The summed E-state index contributed by atoms with van der Waals surface area (Å²) in [6.45, 7) is 0.149. The number of carbonyl (C=O) groups excluding carboxylic acids is 1. The molecule has 5 nitrogen and oxygen atoms in total. The Morgan fingerprint density at radius 2 is 2.00 bits per heavy atom. The largest absolute Gasteiger partial charge is 0.508 e. The van der Waals surface area contributed by atoms with Gasteiger partial charge in [0.2, 0.25) is 6.65 Å². The molecule has 0 aliphatic carbocycles. The average Bonchev–Trinajstić information content (AvgIpc) is 2.31. The number of esters is 1. The fourth-order valence-corrected chi connectivity index (χ4v) is 2.49. The van der Waals surface area contributed by atoms with Gasteiger partial charge < -0.3 is 9.84 Å². The van der Waals surface area contributed by atoms with E-state index < -0.39 is 18.7 Å². The van der Waals surface area contributed by atoms with E-state index in [1.54, 1.807) is 19.1 Å². The van der Waals surface area contributed by atoms with Gasteiger partial charge >= 0.3 is 5.97 Å². The third kappa shape index (κ3) is 4.23. The summed E-state index contributed by atoms with van der Waals surface area (Å²) in [5, 5.41) is 9.27. The van der Waals surface area contributed by atoms with Gasteiger partial charge in [0.15, 0.2) is 0 Å². The van der Waals surface area contributed by atoms with Crippen LogP contribution in [0.15, 0.2) is 24.3 Å². The van der Waals surface area contributed by atoms with E-state index in [2.05, 4.69) is 0 Å². The van der Waals surface area contributed by atoms with Crippen molar-refractivity contribution >= 4 is 23.9 Å². The predicted molar refractivity (Wildman–Crippen MR) is 74.6 cm³/mol. The Labute approximate surface area is 117 Å². The van der Waals surface area contributed by atoms with Gasteiger partial charge in [0, 0.05) is 6.66 Å². The summed E-state index contributed by atoms with van der Waals surface area (Å²) < 4.78 is 18.2. The molecule has 0 spiro atoms. The number of phenols is 1. The van der Waals surface area contributed by atoms with Crippen LogP contribution < -0.4 is 0 Å². The molecule has 19 heavy (non-hydrogen) atoms. The number of nitrogens with zero attached hydrogens (tertiary/aromatic N) is 1. The minimum Gasteiger partial charge on any atom is -0.508 e. The minimum absolute atomic E-state index is 0.0829. The van der Waals surface area contributed by atoms with Crippen LogP contribution in [0.1, 0.15) is 18.5 Å². The van der Waals surface area contributed by atoms with Gasteiger partial charge in [-0.15, -0.1) is 0 Å². The molecule has 0 aliphatic rings. The van der Waals surface area contributed by atoms with E-state index in [4.69, 9.17) is 16.0 Å². The van der Waals surface area contributed by atoms with Gasteiger partial charge in [-0.25, -0.2) is 9.46 Å². The lowest BCUT2D eigenvalue weighted by Crippen LogP contribution is -2.29. The second kappa shape index (κ2) is 6.42. The van der Waals surface area contributed by atoms with Gasteiger partial charge in [-0.2, -0.15) is 0 Å². The minimum atomic E-state index is -3.13. The quantitative estimate of drug-likeness (QED) is 0.669. The number of ether oxygens (including phenoxy) is 1. The highest BCUT2D eigenvalue weighted by Crippen LogP contribution is 2.54. The SMILES string of the molecule is CCOC(=O)C(c1ccc(O)cc1)N(C)P(C)(=O)Cl. The Morgan fingerprint density at radius 3 is 2.42 bits per heavy atom. The fourth-order valence-electron chi connectivity index (χ4n) is 1.59. The van der Waals surface area contributed by atoms with Crippen molar-refractivity contribution in [1.82, 2.24) is 4.67 Å². The van der Waals surface area contributed by atoms with Crippen LogP contribution in [-0.4, -0.2) is 36.1 Å². The average molecular weight is 306 g/mol. The van der Waals surface area contributed by atoms with Crippen molar-refractivity contribution in [2.75, 3.05) is 20.3 Å². The maximum absolute atomic E-state index is 12.0. The van der Waals surface area contributed by atoms with E-state index in [0.29, 0.717) is 5.56 Å². The molecule has 0 radical (unpaired) electrons. The highest BCUT2D eigenvalue weighted by atomic mass is 35.7. The van der Waals surface area contributed by atoms with E-state index in [0.717, 1.165) is 0 Å². The van der Waals surface area contributed by atoms with Crippen molar-refractivity contribution in [1.29, 1.82) is 0 Å². The first-order valence-electron chi connectivity index (χ1n) is 5.73. The molecule has 0 heterocycles. The lowest BCUT2D eigenvalue weighted by Gasteiger charge is -2.28. The molecular formula is C12H17ClNO4P. The summed E-state index contributed by atoms with van der Waals surface area (Å²) in [5.41, 5.74) is 0.557. The molecule has 0 aliphatic heterocycles. The van der Waals surface area contributed by atoms with Crippen molar-refractivity contribution in [2.24, 2.45) is 0 Å². The first kappa shape index (κ1) is 16.0. The summed E-state index contributed by atoms with van der Waals surface area (Å²) in [5.74, 6) is -0.446. The predicted octanol–water partition coefficient (Wildman–Crippen LogP) is 2.99. The monoisotopic (exact) mass is 305 g/mol. The molecule has 106 valence electrons. The fraction of sp³-hybridized carbons (Fsp3) is 0.417. The first-order chi connectivity index (χ1) is 8.77. The smallest absolute Gasteiger partial charge is 0.328 e. The van der Waals surface area contributed by atoms with Crippen molar-refractivity contribution in [3.8, 4) is 5.75 Å². The molecule has 0 bridgehead atoms. The number of phenolic OH excluding ortho intramolecular Hbond substituents is 1. The van der Waals surface area contributed by atoms with Crippen LogP contribution in [0.5, 0.6) is 5.75 Å². The molecule has 1 rings (SSSR count). The van der Waals surface area contributed by atoms with Gasteiger partial charge in [-0.1, -0.05) is 12.1 Å². The number of likely N-dealkylation sites (N-methyl/N-ethyl adjacent to an activating group) is 1. The van der Waals surface area contributed by atoms with E-state index in [9.17, 15) is 14.5 Å². The lowest BCUT2D eigenvalue weighted by atomic mass is 10.1. The van der Waals surface area contributed by atoms with Crippen molar-refractivity contribution in [3.05, 3.63) is 29.8 Å². The zero-order valence-corrected chi connectivity index (χ0v) is 12.7. The Bertz CT molecular complexity index is 485. The van der Waals surface area contributed by atoms with Crippen LogP contribution in [-0.2, 0) is 14.1 Å². The zero-order chi connectivity index (χ0) is 14.6. The van der Waals surface area contributed by atoms with Gasteiger partial charge in [-0.05, 0) is 42.9 Å². The summed E-state index contributed by atoms with van der Waals surface area (Å²) in [4.78, 5) is 12.0. The first-order valence-corrected chi connectivity index (χ1v) is 8.74. The molecule has 0 fully saturated rings. The summed E-state index contributed by atoms with van der Waals surface area (Å²) in [6.07, 6.45) is 0. The molecule has 1 aromatic rings. The standard InChI is InChI=1S/C12H17ClNO4P/c1-4-18-12(16)11(14(2)19(3,13)17)9-5-7-10(15)8-6-9/h5-8,11,15H,4H2,1-3H3. The molecule has 2 unspecified atom stereocenters. The summed E-state index contributed by atoms with van der Waals surface area (Å²) in [6, 6.07) is 5.17. The van der Waals surface area contributed by atoms with Crippen molar-refractivity contribution in [2.45, 2.75) is 13.0 Å². The molecule has 7 heteroatoms. The summed E-state index contributed by atoms with van der Waals surface area (Å²) in [7, 11) is 1.50. The lowest BCUT2D eigenvalue weighted by molar-refractivity contribution is -0.147. The molecular weight excluding hydrogens is 289 g/mol. The third-order valence-corrected chi connectivity index (χ3v) is 4.73. The van der Waals surface area contributed by atoms with Crippen molar-refractivity contribution in [3.63, 3.8) is 0 Å². The van der Waals surface area contributed by atoms with E-state index in [-0.39, 0.29) is 12.4 Å². The maximum atomic E-state index is 12.0. The normalized spacial score (nSPS) is 15.8. The molecule has 0 saturated carbocycles. The molecule has 1 aromatic carbocycles. The van der Waals surface area contributed by atoms with Gasteiger partial charge in [0.1, 0.15) is 11.8 Å². The number of hydrogen-bond donors (Lipinski definition) is 1. The molecule has 0 aromatic heterocycles. The highest BCUT2D eigenvalue weighted by Gasteiger charge is 2.34. The third-order valence-electron chi connectivity index (χ3n) is 2.66. The van der Waals surface area contributed by atoms with Crippen LogP contribution in [0.4, 0.5) is 0 Å².